The van der Waals surface area contributed by atoms with Gasteiger partial charge in [-0.25, -0.2) is 0 Å². The molecule has 0 unspecified atom stereocenters. The summed E-state index contributed by atoms with van der Waals surface area (Å²) in [7, 11) is 0. The van der Waals surface area contributed by atoms with Crippen LogP contribution in [0.25, 0.3) is 110 Å². The van der Waals surface area contributed by atoms with Crippen molar-refractivity contribution in [2.24, 2.45) is 0 Å². The van der Waals surface area contributed by atoms with Crippen LogP contribution >= 0.6 is 0 Å². The highest BCUT2D eigenvalue weighted by molar-refractivity contribution is 6.25. The number of fused-ring (bicyclic) bond motifs is 5. The molecule has 2 nitrogen and oxygen atoms in total. The largest absolute Gasteiger partial charge is 0.316 e. The van der Waals surface area contributed by atoms with E-state index in [9.17, 15) is 0 Å². The summed E-state index contributed by atoms with van der Waals surface area (Å²) >= 11 is 0. The van der Waals surface area contributed by atoms with Crippen molar-refractivity contribution in [3.63, 3.8) is 0 Å². The van der Waals surface area contributed by atoms with E-state index in [2.05, 4.69) is 216 Å². The Labute approximate surface area is 324 Å². The van der Waals surface area contributed by atoms with Crippen molar-refractivity contribution in [2.45, 2.75) is 0 Å². The summed E-state index contributed by atoms with van der Waals surface area (Å²) in [4.78, 5) is 0. The van der Waals surface area contributed by atoms with Crippen LogP contribution in [0.3, 0.4) is 0 Å². The van der Waals surface area contributed by atoms with E-state index in [-0.39, 0.29) is 0 Å². The Balaban J connectivity index is 1.07. The quantitative estimate of drug-likeness (QED) is 0.157. The van der Waals surface area contributed by atoms with Crippen molar-refractivity contribution in [1.82, 2.24) is 9.13 Å². The second-order valence-corrected chi connectivity index (χ2v) is 15.0. The average Bonchev–Trinajstić information content (AvgIpc) is 3.86. The summed E-state index contributed by atoms with van der Waals surface area (Å²) in [6, 6.07) is 73.5. The molecule has 2 heteroatoms. The minimum Gasteiger partial charge on any atom is -0.316 e. The monoisotopic (exact) mass is 710 g/mol. The normalized spacial score (nSPS) is 11.9. The number of benzene rings is 10. The molecule has 2 heterocycles. The number of rotatable bonds is 5. The molecule has 260 valence electrons. The zero-order chi connectivity index (χ0) is 36.7. The van der Waals surface area contributed by atoms with E-state index in [1.807, 2.05) is 0 Å². The summed E-state index contributed by atoms with van der Waals surface area (Å²) in [5.74, 6) is 0. The second kappa shape index (κ2) is 12.0. The fourth-order valence-corrected chi connectivity index (χ4v) is 9.31. The summed E-state index contributed by atoms with van der Waals surface area (Å²) in [6.07, 6.45) is 2.24. The molecule has 0 bridgehead atoms. The molecule has 2 aromatic heterocycles. The minimum atomic E-state index is 1.14. The molecule has 0 aliphatic carbocycles. The van der Waals surface area contributed by atoms with Gasteiger partial charge in [0.15, 0.2) is 0 Å². The number of hydrogen-bond donors (Lipinski definition) is 0. The van der Waals surface area contributed by atoms with Gasteiger partial charge in [-0.05, 0) is 114 Å². The van der Waals surface area contributed by atoms with Crippen molar-refractivity contribution >= 4 is 65.0 Å². The third kappa shape index (κ3) is 4.63. The van der Waals surface area contributed by atoms with E-state index < -0.39 is 0 Å². The first-order valence-electron chi connectivity index (χ1n) is 19.3. The van der Waals surface area contributed by atoms with E-state index in [1.165, 1.54) is 98.4 Å². The zero-order valence-corrected chi connectivity index (χ0v) is 30.5. The van der Waals surface area contributed by atoms with Crippen molar-refractivity contribution in [3.05, 3.63) is 206 Å². The lowest BCUT2D eigenvalue weighted by Gasteiger charge is -2.15. The van der Waals surface area contributed by atoms with Crippen LogP contribution in [0.2, 0.25) is 0 Å². The van der Waals surface area contributed by atoms with Gasteiger partial charge in [-0.3, -0.25) is 0 Å². The summed E-state index contributed by atoms with van der Waals surface area (Å²) in [6.45, 7) is 0. The molecule has 10 aromatic carbocycles. The Morgan fingerprint density at radius 3 is 1.68 bits per heavy atom. The van der Waals surface area contributed by atoms with Crippen LogP contribution in [0.5, 0.6) is 0 Å². The lowest BCUT2D eigenvalue weighted by Crippen LogP contribution is -1.96. The number of nitrogens with zero attached hydrogens (tertiary/aromatic N) is 2. The van der Waals surface area contributed by atoms with Crippen LogP contribution in [0, 0.1) is 0 Å². The summed E-state index contributed by atoms with van der Waals surface area (Å²) in [5, 5.41) is 11.6. The van der Waals surface area contributed by atoms with Gasteiger partial charge in [-0.2, -0.15) is 0 Å². The molecule has 0 spiro atoms. The fraction of sp³-hybridized carbons (Fsp3) is 0. The SMILES string of the molecule is c1ccc(-c2cc(-c3ccccc3)cc(-n3ccc4c3ccc3c5ccccc5n(-c5cccc(-c6ccc7ccc8cccc9ccc6c7c89)c5)c34)c2)cc1. The van der Waals surface area contributed by atoms with Crippen molar-refractivity contribution in [2.75, 3.05) is 0 Å². The van der Waals surface area contributed by atoms with E-state index >= 15 is 0 Å². The number of aromatic nitrogens is 2. The molecule has 0 radical (unpaired) electrons. The lowest BCUT2D eigenvalue weighted by molar-refractivity contribution is 1.13. The Bertz CT molecular complexity index is 3380. The van der Waals surface area contributed by atoms with Gasteiger partial charge in [0.2, 0.25) is 0 Å². The van der Waals surface area contributed by atoms with E-state index in [1.54, 1.807) is 0 Å². The van der Waals surface area contributed by atoms with Crippen LogP contribution in [-0.4, -0.2) is 9.13 Å². The lowest BCUT2D eigenvalue weighted by atomic mass is 9.90. The third-order valence-corrected chi connectivity index (χ3v) is 11.9. The number of hydrogen-bond acceptors (Lipinski definition) is 0. The van der Waals surface area contributed by atoms with Gasteiger partial charge in [0.1, 0.15) is 0 Å². The first-order chi connectivity index (χ1) is 27.8. The maximum Gasteiger partial charge on any atom is 0.0635 e. The summed E-state index contributed by atoms with van der Waals surface area (Å²) < 4.78 is 4.84. The molecule has 0 fully saturated rings. The van der Waals surface area contributed by atoms with E-state index in [4.69, 9.17) is 0 Å². The molecule has 0 atom stereocenters. The van der Waals surface area contributed by atoms with Gasteiger partial charge in [-0.1, -0.05) is 152 Å². The zero-order valence-electron chi connectivity index (χ0n) is 30.5. The first-order valence-corrected chi connectivity index (χ1v) is 19.3. The molecule has 0 N–H and O–H groups in total. The standard InChI is InChI=1S/C54H34N2/c1-3-11-35(12-4-1)41-31-42(36-13-5-2-6-14-36)34-44(33-41)55-30-29-49-50(55)28-27-48-46-19-7-8-20-51(46)56(54(48)49)43-18-10-17-40(32-43)45-25-23-39-22-21-37-15-9-16-38-24-26-47(45)53(39)52(37)38/h1-34H. The predicted molar refractivity (Wildman–Crippen MR) is 238 cm³/mol. The van der Waals surface area contributed by atoms with Crippen LogP contribution in [0.4, 0.5) is 0 Å². The van der Waals surface area contributed by atoms with Crippen molar-refractivity contribution in [3.8, 4) is 44.8 Å². The van der Waals surface area contributed by atoms with Gasteiger partial charge in [0, 0.05) is 33.7 Å². The van der Waals surface area contributed by atoms with Crippen molar-refractivity contribution < 1.29 is 0 Å². The maximum absolute atomic E-state index is 2.48. The first kappa shape index (κ1) is 31.0. The minimum absolute atomic E-state index is 1.14. The topological polar surface area (TPSA) is 9.86 Å². The van der Waals surface area contributed by atoms with E-state index in [0.29, 0.717) is 0 Å². The Morgan fingerprint density at radius 1 is 0.304 bits per heavy atom. The molecular weight excluding hydrogens is 677 g/mol. The van der Waals surface area contributed by atoms with Gasteiger partial charge < -0.3 is 9.13 Å². The number of para-hydroxylation sites is 1. The molecule has 0 aliphatic heterocycles. The van der Waals surface area contributed by atoms with Crippen LogP contribution < -0.4 is 0 Å². The molecule has 56 heavy (non-hydrogen) atoms. The molecule has 0 saturated heterocycles. The molecule has 0 aliphatic rings. The predicted octanol–water partition coefficient (Wildman–Crippen LogP) is 14.6. The molecular formula is C54H34N2. The molecule has 12 rings (SSSR count). The summed E-state index contributed by atoms with van der Waals surface area (Å²) in [5.41, 5.74) is 13.1. The highest BCUT2D eigenvalue weighted by Gasteiger charge is 2.19. The average molecular weight is 711 g/mol. The molecule has 0 saturated carbocycles. The van der Waals surface area contributed by atoms with Crippen LogP contribution in [0.15, 0.2) is 206 Å². The molecule has 0 amide bonds. The van der Waals surface area contributed by atoms with Crippen LogP contribution in [0.1, 0.15) is 0 Å². The third-order valence-electron chi connectivity index (χ3n) is 11.9. The van der Waals surface area contributed by atoms with Gasteiger partial charge in [-0.15, -0.1) is 0 Å². The fourth-order valence-electron chi connectivity index (χ4n) is 9.31. The Morgan fingerprint density at radius 2 is 0.911 bits per heavy atom. The molecule has 12 aromatic rings. The van der Waals surface area contributed by atoms with Crippen LogP contribution in [-0.2, 0) is 0 Å². The maximum atomic E-state index is 2.48. The van der Waals surface area contributed by atoms with E-state index in [0.717, 1.165) is 11.4 Å². The Hall–Kier alpha value is -7.42. The highest BCUT2D eigenvalue weighted by Crippen LogP contribution is 2.42. The van der Waals surface area contributed by atoms with Gasteiger partial charge >= 0.3 is 0 Å². The van der Waals surface area contributed by atoms with Crippen molar-refractivity contribution in [1.29, 1.82) is 0 Å². The van der Waals surface area contributed by atoms with Gasteiger partial charge in [0.05, 0.1) is 16.6 Å². The second-order valence-electron chi connectivity index (χ2n) is 15.0. The Kier molecular flexibility index (Phi) is 6.66. The van der Waals surface area contributed by atoms with Gasteiger partial charge in [0.25, 0.3) is 0 Å². The smallest absolute Gasteiger partial charge is 0.0635 e. The highest BCUT2D eigenvalue weighted by atomic mass is 15.0.